The highest BCUT2D eigenvalue weighted by molar-refractivity contribution is 7.92. The molecule has 0 saturated heterocycles. The minimum Gasteiger partial charge on any atom is -0.355 e. The number of nitrogens with zero attached hydrogens (tertiary/aromatic N) is 2. The number of hydrogen-bond acceptors (Lipinski definition) is 4. The Bertz CT molecular complexity index is 1420. The lowest BCUT2D eigenvalue weighted by atomic mass is 10.1. The third-order valence-corrected chi connectivity index (χ3v) is 8.66. The Morgan fingerprint density at radius 1 is 0.923 bits per heavy atom. The first kappa shape index (κ1) is 30.2. The molecule has 1 atom stereocenters. The Kier molecular flexibility index (Phi) is 10.2. The van der Waals surface area contributed by atoms with E-state index in [0.717, 1.165) is 21.0 Å². The van der Waals surface area contributed by atoms with Crippen LogP contribution in [0.15, 0.2) is 71.6 Å². The monoisotopic (exact) mass is 569 g/mol. The fourth-order valence-corrected chi connectivity index (χ4v) is 6.14. The molecular formula is C30H36ClN3O4S. The van der Waals surface area contributed by atoms with Crippen molar-refractivity contribution in [1.29, 1.82) is 0 Å². The molecule has 2 amide bonds. The molecule has 208 valence electrons. The van der Waals surface area contributed by atoms with Crippen LogP contribution in [0.3, 0.4) is 0 Å². The zero-order valence-electron chi connectivity index (χ0n) is 23.1. The fraction of sp³-hybridized carbons (Fsp3) is 0.333. The van der Waals surface area contributed by atoms with Crippen LogP contribution in [0.2, 0.25) is 5.02 Å². The van der Waals surface area contributed by atoms with E-state index in [1.807, 2.05) is 52.0 Å². The normalized spacial score (nSPS) is 12.1. The minimum atomic E-state index is -4.14. The van der Waals surface area contributed by atoms with Gasteiger partial charge in [0.25, 0.3) is 10.0 Å². The van der Waals surface area contributed by atoms with Crippen molar-refractivity contribution >= 4 is 39.1 Å². The van der Waals surface area contributed by atoms with Crippen LogP contribution in [0.4, 0.5) is 5.69 Å². The number of halogens is 1. The molecule has 3 aromatic rings. The molecule has 9 heteroatoms. The molecule has 0 spiro atoms. The van der Waals surface area contributed by atoms with Gasteiger partial charge < -0.3 is 10.2 Å². The second-order valence-corrected chi connectivity index (χ2v) is 11.8. The standard InChI is InChI=1S/C30H36ClN3O4S/c1-6-27(30(36)32-7-2)33(19-24-11-9-8-10-22(24)4)29(35)20-34(28-17-14-25(31)18-23(28)5)39(37,38)26-15-12-21(3)13-16-26/h8-18,27H,6-7,19-20H2,1-5H3,(H,32,36)/t27-/m1/s1. The van der Waals surface area contributed by atoms with Crippen molar-refractivity contribution in [3.05, 3.63) is 94.0 Å². The van der Waals surface area contributed by atoms with Crippen LogP contribution in [0.25, 0.3) is 0 Å². The fourth-order valence-electron chi connectivity index (χ4n) is 4.43. The lowest BCUT2D eigenvalue weighted by Gasteiger charge is -2.33. The van der Waals surface area contributed by atoms with Crippen molar-refractivity contribution in [2.75, 3.05) is 17.4 Å². The van der Waals surface area contributed by atoms with E-state index in [4.69, 9.17) is 11.6 Å². The molecule has 1 N–H and O–H groups in total. The number of amides is 2. The zero-order valence-corrected chi connectivity index (χ0v) is 24.6. The highest BCUT2D eigenvalue weighted by atomic mass is 35.5. The average Bonchev–Trinajstić information content (AvgIpc) is 2.89. The molecular weight excluding hydrogens is 534 g/mol. The van der Waals surface area contributed by atoms with E-state index in [2.05, 4.69) is 5.32 Å². The summed E-state index contributed by atoms with van der Waals surface area (Å²) in [5, 5.41) is 3.27. The van der Waals surface area contributed by atoms with E-state index in [1.165, 1.54) is 17.0 Å². The average molecular weight is 570 g/mol. The van der Waals surface area contributed by atoms with Gasteiger partial charge in [0.15, 0.2) is 0 Å². The number of rotatable bonds is 11. The molecule has 0 aliphatic heterocycles. The van der Waals surface area contributed by atoms with Crippen molar-refractivity contribution in [3.63, 3.8) is 0 Å². The van der Waals surface area contributed by atoms with Crippen molar-refractivity contribution in [2.24, 2.45) is 0 Å². The van der Waals surface area contributed by atoms with Gasteiger partial charge in [0, 0.05) is 18.1 Å². The van der Waals surface area contributed by atoms with Crippen molar-refractivity contribution in [1.82, 2.24) is 10.2 Å². The van der Waals surface area contributed by atoms with Crippen LogP contribution in [0.1, 0.15) is 42.5 Å². The van der Waals surface area contributed by atoms with Crippen molar-refractivity contribution in [3.8, 4) is 0 Å². The predicted molar refractivity (Wildman–Crippen MR) is 156 cm³/mol. The SMILES string of the molecule is CCNC(=O)[C@@H](CC)N(Cc1ccccc1C)C(=O)CN(c1ccc(Cl)cc1C)S(=O)(=O)c1ccc(C)cc1. The van der Waals surface area contributed by atoms with Gasteiger partial charge >= 0.3 is 0 Å². The van der Waals surface area contributed by atoms with E-state index < -0.39 is 28.5 Å². The lowest BCUT2D eigenvalue weighted by Crippen LogP contribution is -2.52. The molecule has 0 saturated carbocycles. The first-order chi connectivity index (χ1) is 18.5. The van der Waals surface area contributed by atoms with E-state index in [1.54, 1.807) is 37.3 Å². The molecule has 0 aromatic heterocycles. The minimum absolute atomic E-state index is 0.0662. The van der Waals surface area contributed by atoms with Gasteiger partial charge in [-0.05, 0) is 81.1 Å². The predicted octanol–water partition coefficient (Wildman–Crippen LogP) is 5.40. The summed E-state index contributed by atoms with van der Waals surface area (Å²) >= 11 is 6.17. The lowest BCUT2D eigenvalue weighted by molar-refractivity contribution is -0.140. The summed E-state index contributed by atoms with van der Waals surface area (Å²) < 4.78 is 29.1. The van der Waals surface area contributed by atoms with Gasteiger partial charge in [-0.2, -0.15) is 0 Å². The zero-order chi connectivity index (χ0) is 28.7. The van der Waals surface area contributed by atoms with Crippen molar-refractivity contribution in [2.45, 2.75) is 58.5 Å². The van der Waals surface area contributed by atoms with Crippen molar-refractivity contribution < 1.29 is 18.0 Å². The Morgan fingerprint density at radius 3 is 2.18 bits per heavy atom. The third kappa shape index (κ3) is 7.19. The number of carbonyl (C=O) groups excluding carboxylic acids is 2. The maximum Gasteiger partial charge on any atom is 0.264 e. The maximum atomic E-state index is 14.1. The maximum absolute atomic E-state index is 14.1. The molecule has 3 aromatic carbocycles. The Hall–Kier alpha value is -3.36. The second-order valence-electron chi connectivity index (χ2n) is 9.52. The summed E-state index contributed by atoms with van der Waals surface area (Å²) in [5.41, 5.74) is 3.71. The second kappa shape index (κ2) is 13.1. The Balaban J connectivity index is 2.11. The molecule has 3 rings (SSSR count). The number of aryl methyl sites for hydroxylation is 3. The van der Waals surface area contributed by atoms with E-state index in [0.29, 0.717) is 29.2 Å². The van der Waals surface area contributed by atoms with E-state index >= 15 is 0 Å². The van der Waals surface area contributed by atoms with Gasteiger partial charge in [-0.1, -0.05) is 60.5 Å². The highest BCUT2D eigenvalue weighted by Crippen LogP contribution is 2.30. The first-order valence-corrected chi connectivity index (χ1v) is 14.8. The Labute approximate surface area is 236 Å². The van der Waals surface area contributed by atoms with Crippen LogP contribution in [0, 0.1) is 20.8 Å². The van der Waals surface area contributed by atoms with Gasteiger partial charge in [0.05, 0.1) is 10.6 Å². The highest BCUT2D eigenvalue weighted by Gasteiger charge is 2.34. The molecule has 0 aliphatic carbocycles. The number of anilines is 1. The topological polar surface area (TPSA) is 86.8 Å². The largest absolute Gasteiger partial charge is 0.355 e. The molecule has 39 heavy (non-hydrogen) atoms. The van der Waals surface area contributed by atoms with E-state index in [9.17, 15) is 18.0 Å². The van der Waals surface area contributed by atoms with Gasteiger partial charge in [0.2, 0.25) is 11.8 Å². The number of nitrogens with one attached hydrogen (secondary N) is 1. The number of carbonyl (C=O) groups is 2. The molecule has 0 fully saturated rings. The molecule has 0 bridgehead atoms. The van der Waals surface area contributed by atoms with Crippen LogP contribution in [-0.2, 0) is 26.2 Å². The van der Waals surface area contributed by atoms with Gasteiger partial charge in [0.1, 0.15) is 12.6 Å². The molecule has 7 nitrogen and oxygen atoms in total. The van der Waals surface area contributed by atoms with Gasteiger partial charge in [-0.3, -0.25) is 13.9 Å². The molecule has 0 aliphatic rings. The third-order valence-electron chi connectivity index (χ3n) is 6.65. The first-order valence-electron chi connectivity index (χ1n) is 13.0. The summed E-state index contributed by atoms with van der Waals surface area (Å²) in [6, 6.07) is 18.2. The molecule has 0 unspecified atom stereocenters. The van der Waals surface area contributed by atoms with Crippen LogP contribution in [-0.4, -0.2) is 44.3 Å². The number of hydrogen-bond donors (Lipinski definition) is 1. The summed E-state index contributed by atoms with van der Waals surface area (Å²) in [5.74, 6) is -0.765. The van der Waals surface area contributed by atoms with Gasteiger partial charge in [-0.25, -0.2) is 8.42 Å². The summed E-state index contributed by atoms with van der Waals surface area (Å²) in [6.07, 6.45) is 0.369. The van der Waals surface area contributed by atoms with Crippen LogP contribution < -0.4 is 9.62 Å². The summed E-state index contributed by atoms with van der Waals surface area (Å²) in [6.45, 7) is 9.31. The number of likely N-dealkylation sites (N-methyl/N-ethyl adjacent to an activating group) is 1. The molecule has 0 radical (unpaired) electrons. The summed E-state index contributed by atoms with van der Waals surface area (Å²) in [4.78, 5) is 28.7. The van der Waals surface area contributed by atoms with Gasteiger partial charge in [-0.15, -0.1) is 0 Å². The number of benzene rings is 3. The Morgan fingerprint density at radius 2 is 1.59 bits per heavy atom. The van der Waals surface area contributed by atoms with E-state index in [-0.39, 0.29) is 17.3 Å². The molecule has 0 heterocycles. The van der Waals surface area contributed by atoms with Crippen LogP contribution in [0.5, 0.6) is 0 Å². The smallest absolute Gasteiger partial charge is 0.264 e. The quantitative estimate of drug-likeness (QED) is 0.335. The number of sulfonamides is 1. The van der Waals surface area contributed by atoms with Crippen LogP contribution >= 0.6 is 11.6 Å². The summed E-state index contributed by atoms with van der Waals surface area (Å²) in [7, 11) is -4.14.